The van der Waals surface area contributed by atoms with Gasteiger partial charge in [0.2, 0.25) is 0 Å². The number of nitrogens with zero attached hydrogens (tertiary/aromatic N) is 2. The minimum absolute atomic E-state index is 0.0140. The van der Waals surface area contributed by atoms with Crippen molar-refractivity contribution in [3.63, 3.8) is 0 Å². The third kappa shape index (κ3) is 1.66. The van der Waals surface area contributed by atoms with E-state index in [1.54, 1.807) is 0 Å². The van der Waals surface area contributed by atoms with E-state index in [1.807, 2.05) is 0 Å². The van der Waals surface area contributed by atoms with Crippen LogP contribution in [-0.4, -0.2) is 23.2 Å². The minimum Gasteiger partial charge on any atom is -0.391 e. The Balaban J connectivity index is 2.13. The second-order valence-corrected chi connectivity index (χ2v) is 4.80. The largest absolute Gasteiger partial charge is 0.391 e. The van der Waals surface area contributed by atoms with E-state index in [0.29, 0.717) is 5.15 Å². The lowest BCUT2D eigenvalue weighted by Gasteiger charge is -2.36. The number of anilines is 1. The summed E-state index contributed by atoms with van der Waals surface area (Å²) >= 11 is 7.30. The van der Waals surface area contributed by atoms with Crippen molar-refractivity contribution in [3.8, 4) is 0 Å². The van der Waals surface area contributed by atoms with Crippen molar-refractivity contribution in [2.45, 2.75) is 13.5 Å². The van der Waals surface area contributed by atoms with E-state index >= 15 is 0 Å². The molecular formula is C8H11ClN2OS. The van der Waals surface area contributed by atoms with Gasteiger partial charge in [-0.3, -0.25) is 0 Å². The number of aliphatic hydroxyl groups excluding tert-OH is 1. The fraction of sp³-hybridized carbons (Fsp3) is 0.625. The van der Waals surface area contributed by atoms with E-state index in [4.69, 9.17) is 16.7 Å². The molecule has 1 aromatic rings. The van der Waals surface area contributed by atoms with Crippen molar-refractivity contribution in [1.82, 2.24) is 4.98 Å². The number of rotatable bonds is 2. The molecule has 0 spiro atoms. The highest BCUT2D eigenvalue weighted by molar-refractivity contribution is 7.16. The minimum atomic E-state index is -0.0140. The number of aromatic nitrogens is 1. The second-order valence-electron chi connectivity index (χ2n) is 3.38. The summed E-state index contributed by atoms with van der Waals surface area (Å²) in [5.41, 5.74) is 0. The summed E-state index contributed by atoms with van der Waals surface area (Å²) in [5.74, 6) is 0.750. The zero-order chi connectivity index (χ0) is 9.42. The molecule has 1 saturated heterocycles. The highest BCUT2D eigenvalue weighted by atomic mass is 35.5. The maximum atomic E-state index is 8.92. The average Bonchev–Trinajstić information content (AvgIpc) is 2.41. The second kappa shape index (κ2) is 3.44. The van der Waals surface area contributed by atoms with Gasteiger partial charge in [-0.1, -0.05) is 29.9 Å². The summed E-state index contributed by atoms with van der Waals surface area (Å²) in [5, 5.41) is 10.3. The molecule has 0 aliphatic carbocycles. The monoisotopic (exact) mass is 218 g/mol. The molecule has 1 aliphatic heterocycles. The lowest BCUT2D eigenvalue weighted by Crippen LogP contribution is -2.45. The fourth-order valence-corrected chi connectivity index (χ4v) is 2.54. The summed E-state index contributed by atoms with van der Waals surface area (Å²) < 4.78 is 0. The van der Waals surface area contributed by atoms with Gasteiger partial charge in [0.25, 0.3) is 0 Å². The van der Waals surface area contributed by atoms with Gasteiger partial charge in [-0.25, -0.2) is 4.98 Å². The molecule has 0 radical (unpaired) electrons. The average molecular weight is 219 g/mol. The van der Waals surface area contributed by atoms with Crippen molar-refractivity contribution < 1.29 is 5.11 Å². The molecule has 72 valence electrons. The molecular weight excluding hydrogens is 208 g/mol. The highest BCUT2D eigenvalue weighted by Crippen LogP contribution is 2.33. The summed E-state index contributed by atoms with van der Waals surface area (Å²) in [6.07, 6.45) is 0. The Labute approximate surface area is 86.0 Å². The summed E-state index contributed by atoms with van der Waals surface area (Å²) in [7, 11) is 0. The van der Waals surface area contributed by atoms with E-state index in [1.165, 1.54) is 11.3 Å². The molecule has 0 atom stereocenters. The molecule has 1 fully saturated rings. The van der Waals surface area contributed by atoms with E-state index in [-0.39, 0.29) is 6.61 Å². The molecule has 0 aromatic carbocycles. The zero-order valence-electron chi connectivity index (χ0n) is 7.33. The molecule has 5 heteroatoms. The van der Waals surface area contributed by atoms with Crippen LogP contribution in [0.15, 0.2) is 0 Å². The maximum Gasteiger partial charge on any atom is 0.187 e. The molecule has 1 aromatic heterocycles. The Morgan fingerprint density at radius 2 is 2.38 bits per heavy atom. The van der Waals surface area contributed by atoms with Gasteiger partial charge in [0.05, 0.1) is 11.5 Å². The van der Waals surface area contributed by atoms with Gasteiger partial charge in [-0.15, -0.1) is 0 Å². The topological polar surface area (TPSA) is 36.4 Å². The predicted molar refractivity (Wildman–Crippen MR) is 54.4 cm³/mol. The molecule has 13 heavy (non-hydrogen) atoms. The van der Waals surface area contributed by atoms with E-state index in [2.05, 4.69) is 16.8 Å². The van der Waals surface area contributed by atoms with Crippen LogP contribution < -0.4 is 4.90 Å². The fourth-order valence-electron chi connectivity index (χ4n) is 1.41. The number of thiazole rings is 1. The molecule has 1 aliphatic rings. The van der Waals surface area contributed by atoms with Gasteiger partial charge in [0.1, 0.15) is 5.15 Å². The number of halogens is 1. The number of hydrogen-bond acceptors (Lipinski definition) is 4. The Kier molecular flexibility index (Phi) is 2.45. The molecule has 0 unspecified atom stereocenters. The first-order valence-electron chi connectivity index (χ1n) is 4.21. The Hall–Kier alpha value is -0.320. The van der Waals surface area contributed by atoms with Crippen LogP contribution in [0.2, 0.25) is 5.15 Å². The predicted octanol–water partition coefficient (Wildman–Crippen LogP) is 1.74. The Morgan fingerprint density at radius 3 is 2.85 bits per heavy atom. The van der Waals surface area contributed by atoms with Crippen LogP contribution in [0.4, 0.5) is 5.13 Å². The van der Waals surface area contributed by atoms with Crippen LogP contribution in [0, 0.1) is 5.92 Å². The first-order valence-corrected chi connectivity index (χ1v) is 5.41. The van der Waals surface area contributed by atoms with Crippen molar-refractivity contribution in [3.05, 3.63) is 10.0 Å². The van der Waals surface area contributed by atoms with Gasteiger partial charge in [0.15, 0.2) is 5.13 Å². The molecule has 1 N–H and O–H groups in total. The molecule has 0 bridgehead atoms. The lowest BCUT2D eigenvalue weighted by atomic mass is 10.0. The van der Waals surface area contributed by atoms with Crippen molar-refractivity contribution >= 4 is 28.1 Å². The number of aliphatic hydroxyl groups is 1. The summed E-state index contributed by atoms with van der Waals surface area (Å²) in [4.78, 5) is 7.13. The van der Waals surface area contributed by atoms with Crippen molar-refractivity contribution in [2.75, 3.05) is 18.0 Å². The molecule has 2 rings (SSSR count). The van der Waals surface area contributed by atoms with Crippen LogP contribution in [0.3, 0.4) is 0 Å². The van der Waals surface area contributed by atoms with Crippen LogP contribution in [-0.2, 0) is 6.61 Å². The smallest absolute Gasteiger partial charge is 0.187 e. The first kappa shape index (κ1) is 9.24. The Bertz CT molecular complexity index is 309. The quantitative estimate of drug-likeness (QED) is 0.822. The van der Waals surface area contributed by atoms with Gasteiger partial charge in [-0.2, -0.15) is 0 Å². The van der Waals surface area contributed by atoms with E-state index < -0.39 is 0 Å². The van der Waals surface area contributed by atoms with Gasteiger partial charge < -0.3 is 10.0 Å². The molecule has 0 amide bonds. The zero-order valence-corrected chi connectivity index (χ0v) is 8.90. The van der Waals surface area contributed by atoms with Crippen molar-refractivity contribution in [1.29, 1.82) is 0 Å². The van der Waals surface area contributed by atoms with Crippen LogP contribution in [0.1, 0.15) is 11.8 Å². The maximum absolute atomic E-state index is 8.92. The molecule has 0 saturated carbocycles. The summed E-state index contributed by atoms with van der Waals surface area (Å²) in [6.45, 7) is 4.29. The van der Waals surface area contributed by atoms with Crippen LogP contribution >= 0.6 is 22.9 Å². The molecule has 2 heterocycles. The molecule has 3 nitrogen and oxygen atoms in total. The van der Waals surface area contributed by atoms with E-state index in [9.17, 15) is 0 Å². The van der Waals surface area contributed by atoms with E-state index in [0.717, 1.165) is 29.0 Å². The summed E-state index contributed by atoms with van der Waals surface area (Å²) in [6, 6.07) is 0. The lowest BCUT2D eigenvalue weighted by molar-refractivity contribution is 0.285. The van der Waals surface area contributed by atoms with Gasteiger partial charge in [-0.05, 0) is 5.92 Å². The third-order valence-electron chi connectivity index (χ3n) is 2.12. The SMILES string of the molecule is CC1CN(c2nc(Cl)c(CO)s2)C1. The third-order valence-corrected chi connectivity index (χ3v) is 3.64. The number of hydrogen-bond donors (Lipinski definition) is 1. The van der Waals surface area contributed by atoms with Crippen LogP contribution in [0.5, 0.6) is 0 Å². The van der Waals surface area contributed by atoms with Crippen LogP contribution in [0.25, 0.3) is 0 Å². The van der Waals surface area contributed by atoms with Gasteiger partial charge in [0, 0.05) is 13.1 Å². The normalized spacial score (nSPS) is 17.6. The standard InChI is InChI=1S/C8H11ClN2OS/c1-5-2-11(3-5)8-10-7(9)6(4-12)13-8/h5,12H,2-4H2,1H3. The Morgan fingerprint density at radius 1 is 1.69 bits per heavy atom. The van der Waals surface area contributed by atoms with Gasteiger partial charge >= 0.3 is 0 Å². The first-order chi connectivity index (χ1) is 6.20. The van der Waals surface area contributed by atoms with Crippen molar-refractivity contribution in [2.24, 2.45) is 5.92 Å². The highest BCUT2D eigenvalue weighted by Gasteiger charge is 2.25.